The molecule has 1 aliphatic carbocycles. The number of rotatable bonds is 3. The molecule has 19 heavy (non-hydrogen) atoms. The van der Waals surface area contributed by atoms with Gasteiger partial charge in [0.15, 0.2) is 5.78 Å². The Labute approximate surface area is 117 Å². The Morgan fingerprint density at radius 3 is 3.05 bits per heavy atom. The molecule has 2 nitrogen and oxygen atoms in total. The van der Waals surface area contributed by atoms with E-state index in [0.29, 0.717) is 6.61 Å². The van der Waals surface area contributed by atoms with Gasteiger partial charge >= 0.3 is 0 Å². The van der Waals surface area contributed by atoms with Gasteiger partial charge in [-0.05, 0) is 30.2 Å². The molecular formula is C16H16O2S. The molecule has 0 fully saturated rings. The Kier molecular flexibility index (Phi) is 3.58. The quantitative estimate of drug-likeness (QED) is 0.842. The fourth-order valence-electron chi connectivity index (χ4n) is 2.36. The third kappa shape index (κ3) is 2.40. The van der Waals surface area contributed by atoms with E-state index in [-0.39, 0.29) is 11.9 Å². The number of fused-ring (bicyclic) bond motifs is 1. The zero-order valence-electron chi connectivity index (χ0n) is 10.9. The monoisotopic (exact) mass is 272 g/mol. The van der Waals surface area contributed by atoms with Crippen LogP contribution in [0.5, 0.6) is 0 Å². The Morgan fingerprint density at radius 1 is 1.37 bits per heavy atom. The van der Waals surface area contributed by atoms with Crippen molar-refractivity contribution in [2.24, 2.45) is 0 Å². The van der Waals surface area contributed by atoms with Crippen LogP contribution in [0.4, 0.5) is 0 Å². The fraction of sp³-hybridized carbons (Fsp3) is 0.312. The summed E-state index contributed by atoms with van der Waals surface area (Å²) in [6.07, 6.45) is 5.20. The largest absolute Gasteiger partial charge is 0.366 e. The van der Waals surface area contributed by atoms with Crippen molar-refractivity contribution in [2.75, 3.05) is 6.61 Å². The maximum absolute atomic E-state index is 12.4. The van der Waals surface area contributed by atoms with Crippen LogP contribution in [0.15, 0.2) is 51.8 Å². The normalized spacial score (nSPS) is 21.3. The lowest BCUT2D eigenvalue weighted by atomic mass is 9.94. The van der Waals surface area contributed by atoms with Crippen LogP contribution in [0.2, 0.25) is 0 Å². The summed E-state index contributed by atoms with van der Waals surface area (Å²) >= 11 is 1.69. The first-order valence-electron chi connectivity index (χ1n) is 6.62. The highest BCUT2D eigenvalue weighted by Crippen LogP contribution is 2.41. The van der Waals surface area contributed by atoms with Gasteiger partial charge in [0, 0.05) is 28.4 Å². The molecule has 1 atom stereocenters. The molecule has 3 heteroatoms. The van der Waals surface area contributed by atoms with Crippen molar-refractivity contribution in [3.63, 3.8) is 0 Å². The average Bonchev–Trinajstić information content (AvgIpc) is 2.45. The third-order valence-corrected chi connectivity index (χ3v) is 4.56. The number of ketones is 1. The van der Waals surface area contributed by atoms with E-state index in [1.807, 2.05) is 24.3 Å². The minimum Gasteiger partial charge on any atom is -0.366 e. The topological polar surface area (TPSA) is 26.3 Å². The fourth-order valence-corrected chi connectivity index (χ4v) is 3.46. The molecule has 1 heterocycles. The summed E-state index contributed by atoms with van der Waals surface area (Å²) in [5.41, 5.74) is 2.15. The molecule has 0 saturated carbocycles. The molecule has 0 saturated heterocycles. The van der Waals surface area contributed by atoms with E-state index in [2.05, 4.69) is 19.1 Å². The summed E-state index contributed by atoms with van der Waals surface area (Å²) in [5.74, 6) is 0.132. The highest BCUT2D eigenvalue weighted by molar-refractivity contribution is 8.03. The van der Waals surface area contributed by atoms with Gasteiger partial charge in [-0.1, -0.05) is 36.9 Å². The van der Waals surface area contributed by atoms with E-state index < -0.39 is 0 Å². The van der Waals surface area contributed by atoms with E-state index >= 15 is 0 Å². The summed E-state index contributed by atoms with van der Waals surface area (Å²) in [5, 5.41) is 0. The van der Waals surface area contributed by atoms with Crippen LogP contribution in [-0.4, -0.2) is 18.5 Å². The van der Waals surface area contributed by atoms with Gasteiger partial charge in [-0.3, -0.25) is 4.79 Å². The van der Waals surface area contributed by atoms with Crippen LogP contribution in [0.3, 0.4) is 0 Å². The lowest BCUT2D eigenvalue weighted by Crippen LogP contribution is -2.29. The van der Waals surface area contributed by atoms with Gasteiger partial charge in [0.1, 0.15) is 6.10 Å². The highest BCUT2D eigenvalue weighted by Gasteiger charge is 2.30. The minimum absolute atomic E-state index is 0.132. The minimum atomic E-state index is -0.385. The van der Waals surface area contributed by atoms with E-state index in [4.69, 9.17) is 4.74 Å². The van der Waals surface area contributed by atoms with Crippen LogP contribution in [0, 0.1) is 0 Å². The molecule has 2 aliphatic rings. The first-order valence-corrected chi connectivity index (χ1v) is 7.44. The molecule has 0 N–H and O–H groups in total. The van der Waals surface area contributed by atoms with Crippen LogP contribution in [0.25, 0.3) is 0 Å². The maximum atomic E-state index is 12.4. The number of allylic oxidation sites excluding steroid dienone is 1. The first-order chi connectivity index (χ1) is 9.29. The molecule has 98 valence electrons. The lowest BCUT2D eigenvalue weighted by Gasteiger charge is -2.25. The van der Waals surface area contributed by atoms with Gasteiger partial charge in [0.05, 0.1) is 0 Å². The van der Waals surface area contributed by atoms with Crippen LogP contribution in [0.1, 0.15) is 18.9 Å². The van der Waals surface area contributed by atoms with Gasteiger partial charge in [-0.25, -0.2) is 0 Å². The molecular weight excluding hydrogens is 256 g/mol. The number of carbonyl (C=O) groups excluding carboxylic acids is 1. The zero-order chi connectivity index (χ0) is 13.2. The number of benzene rings is 1. The van der Waals surface area contributed by atoms with E-state index in [9.17, 15) is 4.79 Å². The molecule has 0 amide bonds. The number of hydrogen-bond acceptors (Lipinski definition) is 3. The summed E-state index contributed by atoms with van der Waals surface area (Å²) in [4.78, 5) is 14.8. The Morgan fingerprint density at radius 2 is 2.21 bits per heavy atom. The van der Waals surface area contributed by atoms with E-state index in [1.54, 1.807) is 11.8 Å². The second kappa shape index (κ2) is 5.35. The molecule has 1 aromatic carbocycles. The van der Waals surface area contributed by atoms with Gasteiger partial charge in [-0.15, -0.1) is 0 Å². The average molecular weight is 272 g/mol. The van der Waals surface area contributed by atoms with Gasteiger partial charge in [0.2, 0.25) is 0 Å². The maximum Gasteiger partial charge on any atom is 0.192 e. The molecule has 0 spiro atoms. The predicted octanol–water partition coefficient (Wildman–Crippen LogP) is 3.52. The van der Waals surface area contributed by atoms with Crippen molar-refractivity contribution in [2.45, 2.75) is 30.8 Å². The number of thioether (sulfide) groups is 1. The van der Waals surface area contributed by atoms with E-state index in [1.165, 1.54) is 10.5 Å². The lowest BCUT2D eigenvalue weighted by molar-refractivity contribution is -0.124. The molecule has 3 rings (SSSR count). The predicted molar refractivity (Wildman–Crippen MR) is 77.2 cm³/mol. The van der Waals surface area contributed by atoms with Gasteiger partial charge in [0.25, 0.3) is 0 Å². The number of carbonyl (C=O) groups is 1. The summed E-state index contributed by atoms with van der Waals surface area (Å²) in [7, 11) is 0. The van der Waals surface area contributed by atoms with Crippen molar-refractivity contribution in [3.8, 4) is 0 Å². The number of hydrogen-bond donors (Lipinski definition) is 0. The molecule has 0 radical (unpaired) electrons. The van der Waals surface area contributed by atoms with Crippen LogP contribution >= 0.6 is 11.8 Å². The van der Waals surface area contributed by atoms with Crippen molar-refractivity contribution in [1.29, 1.82) is 0 Å². The SMILES string of the molecule is CCCOC1C=CC2=C(Cc3ccccc3S2)C1=O. The number of ether oxygens (including phenoxy) is 1. The first kappa shape index (κ1) is 12.7. The summed E-state index contributed by atoms with van der Waals surface area (Å²) in [6.45, 7) is 2.68. The Bertz CT molecular complexity index is 572. The standard InChI is InChI=1S/C16H16O2S/c1-2-9-18-13-7-8-15-12(16(13)17)10-11-5-3-4-6-14(11)19-15/h3-8,13H,2,9-10H2,1H3. The second-order valence-electron chi connectivity index (χ2n) is 4.74. The third-order valence-electron chi connectivity index (χ3n) is 3.34. The zero-order valence-corrected chi connectivity index (χ0v) is 11.7. The molecule has 1 unspecified atom stereocenters. The van der Waals surface area contributed by atoms with Crippen molar-refractivity contribution >= 4 is 17.5 Å². The molecule has 0 bridgehead atoms. The Balaban J connectivity index is 1.85. The van der Waals surface area contributed by atoms with Crippen molar-refractivity contribution in [1.82, 2.24) is 0 Å². The van der Waals surface area contributed by atoms with Crippen molar-refractivity contribution in [3.05, 3.63) is 52.5 Å². The summed E-state index contributed by atoms with van der Waals surface area (Å²) in [6, 6.07) is 8.28. The van der Waals surface area contributed by atoms with Gasteiger partial charge in [-0.2, -0.15) is 0 Å². The smallest absolute Gasteiger partial charge is 0.192 e. The van der Waals surface area contributed by atoms with Gasteiger partial charge < -0.3 is 4.74 Å². The highest BCUT2D eigenvalue weighted by atomic mass is 32.2. The molecule has 1 aromatic rings. The number of Topliss-reactive ketones (excluding diaryl/α,β-unsaturated/α-hetero) is 1. The van der Waals surface area contributed by atoms with Crippen LogP contribution < -0.4 is 0 Å². The van der Waals surface area contributed by atoms with Crippen LogP contribution in [-0.2, 0) is 16.0 Å². The molecule has 1 aliphatic heterocycles. The van der Waals surface area contributed by atoms with E-state index in [0.717, 1.165) is 23.3 Å². The second-order valence-corrected chi connectivity index (χ2v) is 5.83. The van der Waals surface area contributed by atoms with Crippen molar-refractivity contribution < 1.29 is 9.53 Å². The molecule has 0 aromatic heterocycles. The summed E-state index contributed by atoms with van der Waals surface area (Å²) < 4.78 is 5.60. The Hall–Kier alpha value is -1.32.